The van der Waals surface area contributed by atoms with Crippen molar-refractivity contribution in [2.45, 2.75) is 24.2 Å². The van der Waals surface area contributed by atoms with Crippen molar-refractivity contribution in [3.05, 3.63) is 52.8 Å². The Hall–Kier alpha value is -2.16. The molecule has 0 radical (unpaired) electrons. The molecule has 1 amide bonds. The zero-order valence-electron chi connectivity index (χ0n) is 15.2. The van der Waals surface area contributed by atoms with E-state index in [-0.39, 0.29) is 26.9 Å². The van der Waals surface area contributed by atoms with Gasteiger partial charge in [-0.25, -0.2) is 12.8 Å². The van der Waals surface area contributed by atoms with E-state index in [1.165, 1.54) is 35.7 Å². The van der Waals surface area contributed by atoms with Crippen LogP contribution >= 0.6 is 11.6 Å². The highest BCUT2D eigenvalue weighted by Gasteiger charge is 2.29. The lowest BCUT2D eigenvalue weighted by atomic mass is 10.2. The Morgan fingerprint density at radius 2 is 1.86 bits per heavy atom. The summed E-state index contributed by atoms with van der Waals surface area (Å²) in [6, 6.07) is 7.81. The van der Waals surface area contributed by atoms with Crippen molar-refractivity contribution in [3.8, 4) is 5.75 Å². The van der Waals surface area contributed by atoms with Gasteiger partial charge in [-0.2, -0.15) is 4.31 Å². The number of amides is 1. The van der Waals surface area contributed by atoms with Crippen LogP contribution in [0.25, 0.3) is 0 Å². The van der Waals surface area contributed by atoms with Crippen LogP contribution in [-0.4, -0.2) is 38.8 Å². The van der Waals surface area contributed by atoms with E-state index in [1.54, 1.807) is 0 Å². The van der Waals surface area contributed by atoms with Gasteiger partial charge in [0.1, 0.15) is 16.5 Å². The molecule has 0 aliphatic carbocycles. The van der Waals surface area contributed by atoms with Crippen LogP contribution in [0.4, 0.5) is 10.1 Å². The van der Waals surface area contributed by atoms with Crippen LogP contribution in [0.1, 0.15) is 29.6 Å². The fourth-order valence-electron chi connectivity index (χ4n) is 3.07. The molecular weight excluding hydrogens is 407 g/mol. The highest BCUT2D eigenvalue weighted by Crippen LogP contribution is 2.31. The number of ether oxygens (including phenoxy) is 1. The van der Waals surface area contributed by atoms with E-state index in [1.807, 2.05) is 0 Å². The van der Waals surface area contributed by atoms with Crippen LogP contribution in [0.2, 0.25) is 5.02 Å². The molecule has 6 nitrogen and oxygen atoms in total. The van der Waals surface area contributed by atoms with Crippen LogP contribution < -0.4 is 10.1 Å². The smallest absolute Gasteiger partial charge is 0.257 e. The molecule has 1 saturated heterocycles. The molecular formula is C19H20ClFN2O4S. The van der Waals surface area contributed by atoms with E-state index in [2.05, 4.69) is 5.32 Å². The fourth-order valence-corrected chi connectivity index (χ4v) is 5.02. The number of nitrogens with one attached hydrogen (secondary N) is 1. The summed E-state index contributed by atoms with van der Waals surface area (Å²) in [6.07, 6.45) is 2.61. The summed E-state index contributed by atoms with van der Waals surface area (Å²) in [7, 11) is -2.37. The van der Waals surface area contributed by atoms with Crippen molar-refractivity contribution in [1.29, 1.82) is 0 Å². The number of methoxy groups -OCH3 is 1. The molecule has 2 aromatic rings. The van der Waals surface area contributed by atoms with Crippen molar-refractivity contribution in [2.24, 2.45) is 0 Å². The largest absolute Gasteiger partial charge is 0.495 e. The second-order valence-electron chi connectivity index (χ2n) is 6.41. The standard InChI is InChI=1S/C19H20ClFN2O4S/c1-27-17-8-6-14(22-19(24)15-7-5-13(21)11-16(15)20)12-18(17)28(25,26)23-9-3-2-4-10-23/h5-8,11-12H,2-4,9-10H2,1H3,(H,22,24). The van der Waals surface area contributed by atoms with Crippen molar-refractivity contribution in [2.75, 3.05) is 25.5 Å². The van der Waals surface area contributed by atoms with Gasteiger partial charge < -0.3 is 10.1 Å². The van der Waals surface area contributed by atoms with Crippen molar-refractivity contribution in [3.63, 3.8) is 0 Å². The van der Waals surface area contributed by atoms with Gasteiger partial charge in [-0.3, -0.25) is 4.79 Å². The van der Waals surface area contributed by atoms with Gasteiger partial charge in [0.2, 0.25) is 10.0 Å². The Labute approximate surface area is 168 Å². The van der Waals surface area contributed by atoms with Gasteiger partial charge in [0.05, 0.1) is 17.7 Å². The summed E-state index contributed by atoms with van der Waals surface area (Å²) in [4.78, 5) is 12.4. The van der Waals surface area contributed by atoms with Crippen LogP contribution in [0.15, 0.2) is 41.3 Å². The van der Waals surface area contributed by atoms with E-state index in [0.717, 1.165) is 31.4 Å². The minimum atomic E-state index is -3.76. The van der Waals surface area contributed by atoms with E-state index in [0.29, 0.717) is 13.1 Å². The van der Waals surface area contributed by atoms with E-state index < -0.39 is 21.7 Å². The number of hydrogen-bond acceptors (Lipinski definition) is 4. The molecule has 1 N–H and O–H groups in total. The Bertz CT molecular complexity index is 991. The normalized spacial score (nSPS) is 15.2. The molecule has 1 heterocycles. The molecule has 3 rings (SSSR count). The van der Waals surface area contributed by atoms with Crippen molar-refractivity contribution in [1.82, 2.24) is 4.31 Å². The first-order valence-electron chi connectivity index (χ1n) is 8.77. The van der Waals surface area contributed by atoms with E-state index >= 15 is 0 Å². The zero-order valence-corrected chi connectivity index (χ0v) is 16.8. The quantitative estimate of drug-likeness (QED) is 0.786. The lowest BCUT2D eigenvalue weighted by Crippen LogP contribution is -2.35. The topological polar surface area (TPSA) is 75.7 Å². The van der Waals surface area contributed by atoms with E-state index in [4.69, 9.17) is 16.3 Å². The number of benzene rings is 2. The first-order valence-corrected chi connectivity index (χ1v) is 10.6. The Morgan fingerprint density at radius 3 is 2.50 bits per heavy atom. The number of anilines is 1. The predicted octanol–water partition coefficient (Wildman–Crippen LogP) is 3.91. The van der Waals surface area contributed by atoms with Gasteiger partial charge in [0, 0.05) is 18.8 Å². The summed E-state index contributed by atoms with van der Waals surface area (Å²) >= 11 is 5.92. The second kappa shape index (κ2) is 8.46. The summed E-state index contributed by atoms with van der Waals surface area (Å²) in [5.74, 6) is -0.930. The number of piperidine rings is 1. The number of carbonyl (C=O) groups excluding carboxylic acids is 1. The van der Waals surface area contributed by atoms with Gasteiger partial charge in [0.25, 0.3) is 5.91 Å². The molecule has 1 aliphatic rings. The van der Waals surface area contributed by atoms with Gasteiger partial charge in [-0.15, -0.1) is 0 Å². The highest BCUT2D eigenvalue weighted by atomic mass is 35.5. The molecule has 150 valence electrons. The Kier molecular flexibility index (Phi) is 6.22. The van der Waals surface area contributed by atoms with Gasteiger partial charge in [-0.1, -0.05) is 18.0 Å². The van der Waals surface area contributed by atoms with Crippen LogP contribution in [0, 0.1) is 5.82 Å². The number of halogens is 2. The maximum absolute atomic E-state index is 13.2. The highest BCUT2D eigenvalue weighted by molar-refractivity contribution is 7.89. The van der Waals surface area contributed by atoms with E-state index in [9.17, 15) is 17.6 Å². The number of sulfonamides is 1. The lowest BCUT2D eigenvalue weighted by Gasteiger charge is -2.26. The lowest BCUT2D eigenvalue weighted by molar-refractivity contribution is 0.102. The second-order valence-corrected chi connectivity index (χ2v) is 8.72. The predicted molar refractivity (Wildman–Crippen MR) is 105 cm³/mol. The molecule has 1 aliphatic heterocycles. The molecule has 9 heteroatoms. The minimum Gasteiger partial charge on any atom is -0.495 e. The van der Waals surface area contributed by atoms with Crippen molar-refractivity contribution >= 4 is 33.2 Å². The summed E-state index contributed by atoms with van der Waals surface area (Å²) < 4.78 is 45.9. The molecule has 2 aromatic carbocycles. The SMILES string of the molecule is COc1ccc(NC(=O)c2ccc(F)cc2Cl)cc1S(=O)(=O)N1CCCCC1. The monoisotopic (exact) mass is 426 g/mol. The molecule has 28 heavy (non-hydrogen) atoms. The van der Waals surface area contributed by atoms with Crippen LogP contribution in [0.3, 0.4) is 0 Å². The fraction of sp³-hybridized carbons (Fsp3) is 0.316. The number of nitrogens with zero attached hydrogens (tertiary/aromatic N) is 1. The molecule has 0 bridgehead atoms. The number of rotatable bonds is 5. The Balaban J connectivity index is 1.91. The van der Waals surface area contributed by atoms with Gasteiger partial charge >= 0.3 is 0 Å². The molecule has 1 fully saturated rings. The van der Waals surface area contributed by atoms with Crippen LogP contribution in [-0.2, 0) is 10.0 Å². The van der Waals surface area contributed by atoms with Gasteiger partial charge in [0.15, 0.2) is 0 Å². The number of hydrogen-bond donors (Lipinski definition) is 1. The third-order valence-electron chi connectivity index (χ3n) is 4.53. The average molecular weight is 427 g/mol. The maximum atomic E-state index is 13.2. The van der Waals surface area contributed by atoms with Crippen LogP contribution in [0.5, 0.6) is 5.75 Å². The molecule has 0 aromatic heterocycles. The maximum Gasteiger partial charge on any atom is 0.257 e. The molecule has 0 atom stereocenters. The zero-order chi connectivity index (χ0) is 20.3. The molecule has 0 unspecified atom stereocenters. The summed E-state index contributed by atoms with van der Waals surface area (Å²) in [5.41, 5.74) is 0.348. The van der Waals surface area contributed by atoms with Gasteiger partial charge in [-0.05, 0) is 49.2 Å². The first-order chi connectivity index (χ1) is 13.3. The third kappa shape index (κ3) is 4.29. The first kappa shape index (κ1) is 20.6. The third-order valence-corrected chi connectivity index (χ3v) is 6.76. The molecule has 0 spiro atoms. The number of carbonyl (C=O) groups is 1. The summed E-state index contributed by atoms with van der Waals surface area (Å²) in [5, 5.41) is 2.57. The van der Waals surface area contributed by atoms with Crippen molar-refractivity contribution < 1.29 is 22.3 Å². The molecule has 0 saturated carbocycles. The summed E-state index contributed by atoms with van der Waals surface area (Å²) in [6.45, 7) is 0.903. The Morgan fingerprint density at radius 1 is 1.14 bits per heavy atom. The minimum absolute atomic E-state index is 0.0140. The average Bonchev–Trinajstić information content (AvgIpc) is 2.68.